The van der Waals surface area contributed by atoms with Crippen molar-refractivity contribution in [3.8, 4) is 11.1 Å². The van der Waals surface area contributed by atoms with Crippen molar-refractivity contribution in [2.24, 2.45) is 0 Å². The minimum absolute atomic E-state index is 0.330. The van der Waals surface area contributed by atoms with Gasteiger partial charge >= 0.3 is 5.97 Å². The SMILES string of the molecule is C=C(Cl)/C=C(Cl)\C(=C/C)c1cn(Cc2ccc(C(=O)OC)cc2)c(Cc2ccc(-c3ccc(NS(C)=O)cc3)cc2)n1. The number of carbonyl (C=O) groups excluding carboxylic acids is 1. The first-order valence-corrected chi connectivity index (χ1v) is 15.4. The van der Waals surface area contributed by atoms with E-state index in [4.69, 9.17) is 32.9 Å². The average molecular weight is 621 g/mol. The Labute approximate surface area is 258 Å². The van der Waals surface area contributed by atoms with Crippen LogP contribution in [0.1, 0.15) is 39.9 Å². The molecule has 0 aliphatic heterocycles. The highest BCUT2D eigenvalue weighted by atomic mass is 35.5. The standard InChI is InChI=1S/C33H31Cl2N3O3S/c1-5-29(30(35)18-22(2)34)31-21-38(20-24-8-12-27(13-9-24)33(39)41-3)32(36-31)19-23-6-10-25(11-7-23)26-14-16-28(17-15-26)37-42(4)40/h5-18,21,37H,2,19-20H2,1,3-4H3/b29-5+,30-18+. The Bertz CT molecular complexity index is 1660. The van der Waals surface area contributed by atoms with E-state index in [0.29, 0.717) is 28.6 Å². The van der Waals surface area contributed by atoms with Gasteiger partial charge in [-0.25, -0.2) is 14.0 Å². The molecule has 42 heavy (non-hydrogen) atoms. The molecule has 0 bridgehead atoms. The van der Waals surface area contributed by atoms with Gasteiger partial charge in [0.15, 0.2) is 0 Å². The van der Waals surface area contributed by atoms with Crippen LogP contribution in [-0.2, 0) is 28.7 Å². The second-order valence-corrected chi connectivity index (χ2v) is 11.5. The number of rotatable bonds is 11. The van der Waals surface area contributed by atoms with E-state index >= 15 is 0 Å². The number of imidazole rings is 1. The molecule has 1 aromatic heterocycles. The molecule has 0 saturated heterocycles. The van der Waals surface area contributed by atoms with Crippen LogP contribution in [0.25, 0.3) is 16.7 Å². The fourth-order valence-corrected chi connectivity index (χ4v) is 5.41. The molecule has 1 unspecified atom stereocenters. The summed E-state index contributed by atoms with van der Waals surface area (Å²) in [5.74, 6) is 0.479. The van der Waals surface area contributed by atoms with Crippen molar-refractivity contribution in [2.75, 3.05) is 18.1 Å². The lowest BCUT2D eigenvalue weighted by molar-refractivity contribution is 0.0600. The Balaban J connectivity index is 1.62. The quantitative estimate of drug-likeness (QED) is 0.136. The van der Waals surface area contributed by atoms with Gasteiger partial charge in [0, 0.05) is 41.7 Å². The van der Waals surface area contributed by atoms with E-state index in [9.17, 15) is 9.00 Å². The third-order valence-electron chi connectivity index (χ3n) is 6.49. The molecular formula is C33H31Cl2N3O3S. The number of ether oxygens (including phenoxy) is 1. The lowest BCUT2D eigenvalue weighted by atomic mass is 10.0. The van der Waals surface area contributed by atoms with Crippen molar-refractivity contribution in [2.45, 2.75) is 19.9 Å². The van der Waals surface area contributed by atoms with Crippen LogP contribution in [0.3, 0.4) is 0 Å². The molecule has 216 valence electrons. The molecule has 4 aromatic rings. The highest BCUT2D eigenvalue weighted by Crippen LogP contribution is 2.29. The molecule has 1 N–H and O–H groups in total. The Morgan fingerprint density at radius 2 is 1.60 bits per heavy atom. The van der Waals surface area contributed by atoms with Crippen LogP contribution in [0.5, 0.6) is 0 Å². The molecule has 1 heterocycles. The molecule has 0 aliphatic carbocycles. The minimum Gasteiger partial charge on any atom is -0.465 e. The molecule has 0 aliphatic rings. The number of esters is 1. The first kappa shape index (κ1) is 31.0. The predicted octanol–water partition coefficient (Wildman–Crippen LogP) is 7.96. The minimum atomic E-state index is -1.12. The summed E-state index contributed by atoms with van der Waals surface area (Å²) >= 11 is 12.6. The molecule has 9 heteroatoms. The van der Waals surface area contributed by atoms with Crippen molar-refractivity contribution < 1.29 is 13.7 Å². The summed E-state index contributed by atoms with van der Waals surface area (Å²) in [6.07, 6.45) is 7.66. The third kappa shape index (κ3) is 8.10. The van der Waals surface area contributed by atoms with E-state index in [0.717, 1.165) is 45.0 Å². The Hall–Kier alpha value is -3.91. The number of nitrogens with one attached hydrogen (secondary N) is 1. The average Bonchev–Trinajstić information content (AvgIpc) is 3.34. The van der Waals surface area contributed by atoms with Crippen LogP contribution >= 0.6 is 23.2 Å². The molecular weight excluding hydrogens is 589 g/mol. The van der Waals surface area contributed by atoms with Crippen molar-refractivity contribution in [3.05, 3.63) is 136 Å². The van der Waals surface area contributed by atoms with Crippen LogP contribution < -0.4 is 4.72 Å². The van der Waals surface area contributed by atoms with E-state index in [1.165, 1.54) is 7.11 Å². The van der Waals surface area contributed by atoms with Gasteiger partial charge in [0.25, 0.3) is 0 Å². The van der Waals surface area contributed by atoms with Crippen molar-refractivity contribution in [1.29, 1.82) is 0 Å². The number of benzene rings is 3. The number of hydrogen-bond donors (Lipinski definition) is 1. The number of allylic oxidation sites excluding steroid dienone is 5. The molecule has 0 radical (unpaired) electrons. The number of carbonyl (C=O) groups is 1. The van der Waals surface area contributed by atoms with Crippen LogP contribution in [0.2, 0.25) is 0 Å². The smallest absolute Gasteiger partial charge is 0.337 e. The summed E-state index contributed by atoms with van der Waals surface area (Å²) in [6.45, 7) is 6.16. The molecule has 4 rings (SSSR count). The van der Waals surface area contributed by atoms with Gasteiger partial charge in [0.05, 0.1) is 23.4 Å². The number of hydrogen-bond acceptors (Lipinski definition) is 4. The number of anilines is 1. The highest BCUT2D eigenvalue weighted by molar-refractivity contribution is 7.85. The summed E-state index contributed by atoms with van der Waals surface area (Å²) in [5.41, 5.74) is 7.01. The second-order valence-electron chi connectivity index (χ2n) is 9.51. The van der Waals surface area contributed by atoms with Crippen molar-refractivity contribution in [1.82, 2.24) is 9.55 Å². The zero-order valence-corrected chi connectivity index (χ0v) is 25.9. The van der Waals surface area contributed by atoms with Crippen LogP contribution in [0.4, 0.5) is 5.69 Å². The highest BCUT2D eigenvalue weighted by Gasteiger charge is 2.15. The number of methoxy groups -OCH3 is 1. The van der Waals surface area contributed by atoms with Gasteiger partial charge < -0.3 is 14.0 Å². The summed E-state index contributed by atoms with van der Waals surface area (Å²) < 4.78 is 21.2. The predicted molar refractivity (Wildman–Crippen MR) is 174 cm³/mol. The molecule has 1 atom stereocenters. The first-order chi connectivity index (χ1) is 20.2. The lowest BCUT2D eigenvalue weighted by Crippen LogP contribution is -2.06. The van der Waals surface area contributed by atoms with Crippen molar-refractivity contribution >= 4 is 51.4 Å². The first-order valence-electron chi connectivity index (χ1n) is 13.1. The Morgan fingerprint density at radius 1 is 1.00 bits per heavy atom. The van der Waals surface area contributed by atoms with Crippen molar-refractivity contribution in [3.63, 3.8) is 0 Å². The van der Waals surface area contributed by atoms with E-state index in [-0.39, 0.29) is 5.97 Å². The van der Waals surface area contributed by atoms with E-state index in [2.05, 4.69) is 40.1 Å². The maximum Gasteiger partial charge on any atom is 0.337 e. The van der Waals surface area contributed by atoms with Gasteiger partial charge in [-0.15, -0.1) is 0 Å². The zero-order chi connectivity index (χ0) is 30.2. The maximum atomic E-state index is 11.9. The maximum absolute atomic E-state index is 11.9. The van der Waals surface area contributed by atoms with Crippen LogP contribution in [0, 0.1) is 0 Å². The Morgan fingerprint density at radius 3 is 2.14 bits per heavy atom. The van der Waals surface area contributed by atoms with E-state index < -0.39 is 11.0 Å². The molecule has 6 nitrogen and oxygen atoms in total. The van der Waals surface area contributed by atoms with Gasteiger partial charge in [-0.3, -0.25) is 0 Å². The van der Waals surface area contributed by atoms with Gasteiger partial charge in [0.2, 0.25) is 0 Å². The van der Waals surface area contributed by atoms with Gasteiger partial charge in [-0.1, -0.05) is 84.4 Å². The summed E-state index contributed by atoms with van der Waals surface area (Å²) in [4.78, 5) is 16.8. The molecule has 0 spiro atoms. The molecule has 0 saturated carbocycles. The fourth-order valence-electron chi connectivity index (χ4n) is 4.44. The fraction of sp³-hybridized carbons (Fsp3) is 0.152. The zero-order valence-electron chi connectivity index (χ0n) is 23.6. The van der Waals surface area contributed by atoms with Gasteiger partial charge in [-0.05, 0) is 59.5 Å². The molecule has 0 fully saturated rings. The normalized spacial score (nSPS) is 12.6. The topological polar surface area (TPSA) is 73.2 Å². The van der Waals surface area contributed by atoms with E-state index in [1.807, 2.05) is 55.6 Å². The third-order valence-corrected chi connectivity index (χ3v) is 7.43. The number of aromatic nitrogens is 2. The second kappa shape index (κ2) is 14.3. The van der Waals surface area contributed by atoms with Crippen LogP contribution in [-0.4, -0.2) is 33.1 Å². The Kier molecular flexibility index (Phi) is 10.6. The summed E-state index contributed by atoms with van der Waals surface area (Å²) in [6, 6.07) is 23.5. The van der Waals surface area contributed by atoms with E-state index in [1.54, 1.807) is 24.5 Å². The summed E-state index contributed by atoms with van der Waals surface area (Å²) in [5, 5.41) is 0.780. The number of halogens is 2. The van der Waals surface area contributed by atoms with Gasteiger partial charge in [0.1, 0.15) is 16.8 Å². The lowest BCUT2D eigenvalue weighted by Gasteiger charge is -2.10. The van der Waals surface area contributed by atoms with Crippen LogP contribution in [0.15, 0.2) is 108 Å². The monoisotopic (exact) mass is 619 g/mol. The largest absolute Gasteiger partial charge is 0.465 e. The summed E-state index contributed by atoms with van der Waals surface area (Å²) in [7, 11) is 0.249. The van der Waals surface area contributed by atoms with Gasteiger partial charge in [-0.2, -0.15) is 0 Å². The molecule has 0 amide bonds. The number of nitrogens with zero attached hydrogens (tertiary/aromatic N) is 2. The molecule has 3 aromatic carbocycles.